The predicted octanol–water partition coefficient (Wildman–Crippen LogP) is 5.69. The second-order valence-corrected chi connectivity index (χ2v) is 12.3. The number of nitrogens with one attached hydrogen (secondary N) is 2. The highest BCUT2D eigenvalue weighted by atomic mass is 35.5. The van der Waals surface area contributed by atoms with Crippen LogP contribution in [-0.4, -0.2) is 65.8 Å². The van der Waals surface area contributed by atoms with E-state index < -0.39 is 5.54 Å². The van der Waals surface area contributed by atoms with Crippen molar-refractivity contribution in [1.82, 2.24) is 20.4 Å². The maximum absolute atomic E-state index is 13.8. The standard InChI is InChI=1S/C34H46N4O4.ClH/c1-3-4-20-38-32(40)30(23-25-8-6-5-7-9-25)36-33(41)34(38)18-21-37(22-19-34)24-26-10-14-28(15-11-26)42-29-16-12-27(13-17-29)31(39)35-2;/h10-17,25,30H,3-9,18-24H2,1-2H3,(H,35,39)(H,36,41);1H/t30-;/m0./s1. The van der Waals surface area contributed by atoms with Gasteiger partial charge in [0.1, 0.15) is 23.1 Å². The molecule has 0 aromatic heterocycles. The van der Waals surface area contributed by atoms with E-state index in [0.717, 1.165) is 44.6 Å². The molecule has 2 aliphatic heterocycles. The molecule has 234 valence electrons. The van der Waals surface area contributed by atoms with Crippen LogP contribution in [0.15, 0.2) is 48.5 Å². The molecule has 5 rings (SSSR count). The number of piperidine rings is 1. The van der Waals surface area contributed by atoms with Crippen LogP contribution < -0.4 is 15.4 Å². The zero-order chi connectivity index (χ0) is 29.5. The smallest absolute Gasteiger partial charge is 0.251 e. The Hall–Kier alpha value is -3.10. The summed E-state index contributed by atoms with van der Waals surface area (Å²) < 4.78 is 5.96. The molecular weight excluding hydrogens is 564 g/mol. The maximum atomic E-state index is 13.8. The molecule has 1 spiro atoms. The fourth-order valence-corrected chi connectivity index (χ4v) is 6.89. The van der Waals surface area contributed by atoms with Gasteiger partial charge < -0.3 is 20.3 Å². The van der Waals surface area contributed by atoms with E-state index >= 15 is 0 Å². The summed E-state index contributed by atoms with van der Waals surface area (Å²) in [6.45, 7) is 5.13. The largest absolute Gasteiger partial charge is 0.457 e. The van der Waals surface area contributed by atoms with Crippen molar-refractivity contribution in [3.63, 3.8) is 0 Å². The van der Waals surface area contributed by atoms with E-state index in [4.69, 9.17) is 4.74 Å². The zero-order valence-electron chi connectivity index (χ0n) is 25.6. The number of nitrogens with zero attached hydrogens (tertiary/aromatic N) is 2. The van der Waals surface area contributed by atoms with Crippen molar-refractivity contribution in [3.05, 3.63) is 59.7 Å². The number of piperazine rings is 1. The predicted molar refractivity (Wildman–Crippen MR) is 171 cm³/mol. The Morgan fingerprint density at radius 2 is 1.60 bits per heavy atom. The van der Waals surface area contributed by atoms with Crippen molar-refractivity contribution < 1.29 is 19.1 Å². The summed E-state index contributed by atoms with van der Waals surface area (Å²) in [5.74, 6) is 2.02. The average Bonchev–Trinajstić information content (AvgIpc) is 3.02. The number of rotatable bonds is 10. The molecule has 9 heteroatoms. The Morgan fingerprint density at radius 3 is 2.21 bits per heavy atom. The lowest BCUT2D eigenvalue weighted by Crippen LogP contribution is -2.73. The number of hydrogen-bond donors (Lipinski definition) is 2. The van der Waals surface area contributed by atoms with Gasteiger partial charge in [-0.15, -0.1) is 12.4 Å². The molecule has 3 aliphatic rings. The van der Waals surface area contributed by atoms with Crippen LogP contribution in [0.3, 0.4) is 0 Å². The molecule has 1 saturated carbocycles. The summed E-state index contributed by atoms with van der Waals surface area (Å²) in [7, 11) is 1.61. The number of amides is 3. The molecule has 1 aliphatic carbocycles. The molecule has 2 saturated heterocycles. The first kappa shape index (κ1) is 32.8. The van der Waals surface area contributed by atoms with Gasteiger partial charge in [-0.05, 0) is 73.6 Å². The Morgan fingerprint density at radius 1 is 0.977 bits per heavy atom. The number of ether oxygens (including phenoxy) is 1. The van der Waals surface area contributed by atoms with Gasteiger partial charge in [0.05, 0.1) is 0 Å². The average molecular weight is 611 g/mol. The Labute approximate surface area is 262 Å². The minimum Gasteiger partial charge on any atom is -0.457 e. The fraction of sp³-hybridized carbons (Fsp3) is 0.559. The first-order valence-electron chi connectivity index (χ1n) is 15.9. The number of unbranched alkanes of at least 4 members (excludes halogenated alkanes) is 1. The molecule has 2 aromatic carbocycles. The van der Waals surface area contributed by atoms with Crippen molar-refractivity contribution in [1.29, 1.82) is 0 Å². The molecule has 2 N–H and O–H groups in total. The third kappa shape index (κ3) is 7.71. The van der Waals surface area contributed by atoms with Crippen molar-refractivity contribution in [2.75, 3.05) is 26.7 Å². The minimum atomic E-state index is -0.725. The van der Waals surface area contributed by atoms with E-state index in [1.54, 1.807) is 31.3 Å². The first-order valence-corrected chi connectivity index (χ1v) is 15.9. The fourth-order valence-electron chi connectivity index (χ4n) is 6.89. The molecule has 0 radical (unpaired) electrons. The number of hydrogen-bond acceptors (Lipinski definition) is 5. The van der Waals surface area contributed by atoms with Gasteiger partial charge in [-0.3, -0.25) is 19.3 Å². The Bertz CT molecular complexity index is 1220. The lowest BCUT2D eigenvalue weighted by molar-refractivity contribution is -0.162. The van der Waals surface area contributed by atoms with Gasteiger partial charge in [-0.2, -0.15) is 0 Å². The molecule has 3 amide bonds. The zero-order valence-corrected chi connectivity index (χ0v) is 26.4. The summed E-state index contributed by atoms with van der Waals surface area (Å²) in [6, 6.07) is 14.7. The van der Waals surface area contributed by atoms with Crippen LogP contribution >= 0.6 is 12.4 Å². The van der Waals surface area contributed by atoms with Crippen LogP contribution in [0.25, 0.3) is 0 Å². The van der Waals surface area contributed by atoms with Gasteiger partial charge >= 0.3 is 0 Å². The molecule has 2 heterocycles. The highest BCUT2D eigenvalue weighted by Crippen LogP contribution is 2.36. The van der Waals surface area contributed by atoms with Gasteiger partial charge in [-0.25, -0.2) is 0 Å². The lowest BCUT2D eigenvalue weighted by Gasteiger charge is -2.52. The molecule has 43 heavy (non-hydrogen) atoms. The minimum absolute atomic E-state index is 0. The van der Waals surface area contributed by atoms with Gasteiger partial charge in [0.25, 0.3) is 5.91 Å². The number of benzene rings is 2. The van der Waals surface area contributed by atoms with Crippen molar-refractivity contribution in [3.8, 4) is 11.5 Å². The third-order valence-corrected chi connectivity index (χ3v) is 9.43. The van der Waals surface area contributed by atoms with Crippen LogP contribution in [0.2, 0.25) is 0 Å². The lowest BCUT2D eigenvalue weighted by atomic mass is 9.79. The van der Waals surface area contributed by atoms with E-state index in [1.165, 1.54) is 37.7 Å². The molecule has 0 bridgehead atoms. The first-order chi connectivity index (χ1) is 20.4. The van der Waals surface area contributed by atoms with E-state index in [2.05, 4.69) is 34.6 Å². The van der Waals surface area contributed by atoms with Crippen molar-refractivity contribution in [2.24, 2.45) is 5.92 Å². The van der Waals surface area contributed by atoms with Crippen LogP contribution in [0, 0.1) is 5.92 Å². The number of carbonyl (C=O) groups excluding carboxylic acids is 3. The summed E-state index contributed by atoms with van der Waals surface area (Å²) >= 11 is 0. The molecule has 2 aromatic rings. The van der Waals surface area contributed by atoms with E-state index in [0.29, 0.717) is 36.6 Å². The second-order valence-electron chi connectivity index (χ2n) is 12.3. The SMILES string of the molecule is CCCCN1C(=O)[C@H](CC2CCCCC2)NC(=O)C12CCN(Cc1ccc(Oc3ccc(C(=O)NC)cc3)cc1)CC2.Cl. The van der Waals surface area contributed by atoms with Crippen LogP contribution in [-0.2, 0) is 16.1 Å². The molecule has 0 unspecified atom stereocenters. The molecule has 3 fully saturated rings. The van der Waals surface area contributed by atoms with Crippen LogP contribution in [0.5, 0.6) is 11.5 Å². The Kier molecular flexibility index (Phi) is 11.5. The normalized spacial score (nSPS) is 20.8. The summed E-state index contributed by atoms with van der Waals surface area (Å²) in [6.07, 6.45) is 10.2. The highest BCUT2D eigenvalue weighted by molar-refractivity contribution is 6.00. The van der Waals surface area contributed by atoms with Gasteiger partial charge in [0.15, 0.2) is 0 Å². The van der Waals surface area contributed by atoms with Crippen molar-refractivity contribution in [2.45, 2.75) is 89.3 Å². The topological polar surface area (TPSA) is 91.0 Å². The Balaban J connectivity index is 0.00000423. The van der Waals surface area contributed by atoms with Crippen molar-refractivity contribution >= 4 is 30.1 Å². The van der Waals surface area contributed by atoms with E-state index in [-0.39, 0.29) is 36.2 Å². The summed E-state index contributed by atoms with van der Waals surface area (Å²) in [4.78, 5) is 43.6. The molecular formula is C34H47ClN4O4. The second kappa shape index (κ2) is 15.1. The highest BCUT2D eigenvalue weighted by Gasteiger charge is 2.53. The summed E-state index contributed by atoms with van der Waals surface area (Å²) in [5.41, 5.74) is 1.04. The number of carbonyl (C=O) groups is 3. The van der Waals surface area contributed by atoms with Gasteiger partial charge in [-0.1, -0.05) is 57.6 Å². The van der Waals surface area contributed by atoms with Gasteiger partial charge in [0.2, 0.25) is 11.8 Å². The number of likely N-dealkylation sites (tertiary alicyclic amines) is 1. The monoisotopic (exact) mass is 610 g/mol. The van der Waals surface area contributed by atoms with E-state index in [9.17, 15) is 14.4 Å². The third-order valence-electron chi connectivity index (χ3n) is 9.43. The van der Waals surface area contributed by atoms with Crippen LogP contribution in [0.4, 0.5) is 0 Å². The number of halogens is 1. The van der Waals surface area contributed by atoms with Gasteiger partial charge in [0, 0.05) is 38.8 Å². The quantitative estimate of drug-likeness (QED) is 0.361. The van der Waals surface area contributed by atoms with E-state index in [1.807, 2.05) is 17.0 Å². The summed E-state index contributed by atoms with van der Waals surface area (Å²) in [5, 5.41) is 5.82. The van der Waals surface area contributed by atoms with Crippen LogP contribution in [0.1, 0.15) is 87.1 Å². The molecule has 1 atom stereocenters. The molecule has 8 nitrogen and oxygen atoms in total. The maximum Gasteiger partial charge on any atom is 0.251 e.